The third-order valence-electron chi connectivity index (χ3n) is 5.98. The summed E-state index contributed by atoms with van der Waals surface area (Å²) < 4.78 is 5.92. The Morgan fingerprint density at radius 1 is 1.15 bits per heavy atom. The molecule has 2 aromatic carbocycles. The quantitative estimate of drug-likeness (QED) is 0.392. The van der Waals surface area contributed by atoms with E-state index in [2.05, 4.69) is 21.7 Å². The van der Waals surface area contributed by atoms with Crippen LogP contribution in [0, 0.1) is 11.8 Å². The summed E-state index contributed by atoms with van der Waals surface area (Å²) >= 11 is 5.95. The van der Waals surface area contributed by atoms with Gasteiger partial charge in [0.05, 0.1) is 12.2 Å². The molecule has 1 aliphatic heterocycles. The topological polar surface area (TPSA) is 62.7 Å². The van der Waals surface area contributed by atoms with Crippen molar-refractivity contribution in [3.63, 3.8) is 0 Å². The fraction of sp³-hybridized carbons (Fsp3) is 0.286. The second kappa shape index (κ2) is 11.3. The molecule has 6 heteroatoms. The van der Waals surface area contributed by atoms with Crippen LogP contribution in [-0.4, -0.2) is 53.1 Å². The van der Waals surface area contributed by atoms with Gasteiger partial charge in [-0.15, -0.1) is 0 Å². The molecule has 1 aromatic heterocycles. The molecule has 2 heterocycles. The van der Waals surface area contributed by atoms with Crippen LogP contribution >= 0.6 is 11.6 Å². The van der Waals surface area contributed by atoms with Crippen molar-refractivity contribution < 1.29 is 14.6 Å². The Morgan fingerprint density at radius 3 is 2.65 bits per heavy atom. The van der Waals surface area contributed by atoms with Crippen LogP contribution in [0.2, 0.25) is 5.02 Å². The number of carbonyl (C=O) groups is 1. The molecule has 5 nitrogen and oxygen atoms in total. The predicted octanol–water partition coefficient (Wildman–Crippen LogP) is 4.84. The molecular formula is C28H27ClN2O3. The van der Waals surface area contributed by atoms with Gasteiger partial charge in [0, 0.05) is 34.9 Å². The van der Waals surface area contributed by atoms with Gasteiger partial charge in [0.25, 0.3) is 0 Å². The predicted molar refractivity (Wildman–Crippen MR) is 134 cm³/mol. The molecule has 4 rings (SSSR count). The highest BCUT2D eigenvalue weighted by Crippen LogP contribution is 2.23. The molecule has 3 aromatic rings. The average Bonchev–Trinajstić information content (AvgIpc) is 3.31. The Hall–Kier alpha value is -3.17. The van der Waals surface area contributed by atoms with E-state index in [1.165, 1.54) is 6.92 Å². The van der Waals surface area contributed by atoms with Gasteiger partial charge < -0.3 is 9.84 Å². The fourth-order valence-electron chi connectivity index (χ4n) is 4.09. The number of aliphatic hydroxyl groups excluding tert-OH is 1. The van der Waals surface area contributed by atoms with E-state index in [0.717, 1.165) is 42.6 Å². The molecule has 0 radical (unpaired) electrons. The summed E-state index contributed by atoms with van der Waals surface area (Å²) in [7, 11) is 0. The molecule has 0 spiro atoms. The van der Waals surface area contributed by atoms with E-state index in [9.17, 15) is 9.90 Å². The van der Waals surface area contributed by atoms with Gasteiger partial charge >= 0.3 is 0 Å². The van der Waals surface area contributed by atoms with Gasteiger partial charge in [-0.3, -0.25) is 9.69 Å². The zero-order valence-electron chi connectivity index (χ0n) is 19.1. The molecule has 174 valence electrons. The fourth-order valence-corrected chi connectivity index (χ4v) is 4.22. The highest BCUT2D eigenvalue weighted by Gasteiger charge is 2.23. The molecule has 0 amide bonds. The van der Waals surface area contributed by atoms with Crippen molar-refractivity contribution in [3.8, 4) is 28.7 Å². The number of ether oxygens (including phenoxy) is 1. The summed E-state index contributed by atoms with van der Waals surface area (Å²) in [5.41, 5.74) is 3.90. The molecular weight excluding hydrogens is 448 g/mol. The van der Waals surface area contributed by atoms with Gasteiger partial charge in [0.15, 0.2) is 5.78 Å². The number of hydrogen-bond donors (Lipinski definition) is 1. The van der Waals surface area contributed by atoms with E-state index < -0.39 is 0 Å². The number of rotatable bonds is 7. The van der Waals surface area contributed by atoms with Crippen molar-refractivity contribution in [3.05, 3.63) is 82.6 Å². The average molecular weight is 475 g/mol. The summed E-state index contributed by atoms with van der Waals surface area (Å²) in [6.45, 7) is 3.86. The van der Waals surface area contributed by atoms with E-state index in [-0.39, 0.29) is 18.4 Å². The smallest absolute Gasteiger partial charge is 0.163 e. The Morgan fingerprint density at radius 2 is 1.94 bits per heavy atom. The number of hydrogen-bond acceptors (Lipinski definition) is 5. The van der Waals surface area contributed by atoms with Crippen LogP contribution in [0.15, 0.2) is 60.8 Å². The highest BCUT2D eigenvalue weighted by molar-refractivity contribution is 6.30. The normalized spacial score (nSPS) is 15.6. The number of nitrogens with zero attached hydrogens (tertiary/aromatic N) is 2. The maximum absolute atomic E-state index is 12.2. The summed E-state index contributed by atoms with van der Waals surface area (Å²) in [4.78, 5) is 18.9. The number of halogens is 1. The van der Waals surface area contributed by atoms with Crippen LogP contribution in [0.1, 0.15) is 41.4 Å². The lowest BCUT2D eigenvalue weighted by Gasteiger charge is -2.22. The van der Waals surface area contributed by atoms with E-state index >= 15 is 0 Å². The van der Waals surface area contributed by atoms with Crippen LogP contribution in [0.5, 0.6) is 5.75 Å². The van der Waals surface area contributed by atoms with Crippen molar-refractivity contribution in [1.29, 1.82) is 0 Å². The maximum Gasteiger partial charge on any atom is 0.163 e. The molecule has 1 N–H and O–H groups in total. The second-order valence-corrected chi connectivity index (χ2v) is 8.76. The molecule has 1 saturated heterocycles. The summed E-state index contributed by atoms with van der Waals surface area (Å²) in [5, 5.41) is 10.2. The van der Waals surface area contributed by atoms with E-state index in [1.807, 2.05) is 42.5 Å². The molecule has 1 aliphatic rings. The van der Waals surface area contributed by atoms with Gasteiger partial charge in [0.1, 0.15) is 18.1 Å². The molecule has 0 saturated carbocycles. The maximum atomic E-state index is 12.2. The van der Waals surface area contributed by atoms with Crippen molar-refractivity contribution in [1.82, 2.24) is 9.88 Å². The van der Waals surface area contributed by atoms with Gasteiger partial charge in [-0.1, -0.05) is 35.7 Å². The second-order valence-electron chi connectivity index (χ2n) is 8.32. The Labute approximate surface area is 205 Å². The van der Waals surface area contributed by atoms with Gasteiger partial charge in [-0.05, 0) is 74.2 Å². The number of aromatic nitrogens is 1. The van der Waals surface area contributed by atoms with Crippen molar-refractivity contribution in [2.75, 3.05) is 26.3 Å². The Balaban J connectivity index is 1.42. The van der Waals surface area contributed by atoms with E-state index in [4.69, 9.17) is 16.3 Å². The number of pyridine rings is 1. The lowest BCUT2D eigenvalue weighted by atomic mass is 10.1. The summed E-state index contributed by atoms with van der Waals surface area (Å²) in [5.74, 6) is 6.64. The van der Waals surface area contributed by atoms with Crippen molar-refractivity contribution in [2.24, 2.45) is 0 Å². The summed E-state index contributed by atoms with van der Waals surface area (Å²) in [6, 6.07) is 17.1. The first kappa shape index (κ1) is 24.0. The van der Waals surface area contributed by atoms with Crippen LogP contribution in [0.3, 0.4) is 0 Å². The first-order valence-electron chi connectivity index (χ1n) is 11.4. The zero-order valence-corrected chi connectivity index (χ0v) is 19.9. The number of Topliss-reactive ketones (excluding diaryl/α,β-unsaturated/α-hetero) is 1. The number of carbonyl (C=O) groups excluding carboxylic acids is 1. The minimum absolute atomic E-state index is 0.0708. The minimum atomic E-state index is -0.0708. The standard InChI is InChI=1S/C28H27ClN2O3/c1-20(33)27-17-21(5-13-28(27)34-16-15-31-14-2-3-26(31)19-32)4-11-25-12-8-23(18-30-25)22-6-9-24(29)10-7-22/h5-10,12-13,17-18,26,32H,2-3,14-16,19H2,1H3. The molecule has 1 atom stereocenters. The zero-order chi connectivity index (χ0) is 23.9. The van der Waals surface area contributed by atoms with Crippen LogP contribution in [0.4, 0.5) is 0 Å². The molecule has 1 unspecified atom stereocenters. The SMILES string of the molecule is CC(=O)c1cc(C#Cc2ccc(-c3ccc(Cl)cc3)cn2)ccc1OCCN1CCCC1CO. The number of benzene rings is 2. The van der Waals surface area contributed by atoms with Gasteiger partial charge in [-0.2, -0.15) is 0 Å². The third kappa shape index (κ3) is 6.03. The first-order chi connectivity index (χ1) is 16.5. The van der Waals surface area contributed by atoms with Crippen LogP contribution in [-0.2, 0) is 0 Å². The van der Waals surface area contributed by atoms with Crippen LogP contribution < -0.4 is 4.74 Å². The molecule has 34 heavy (non-hydrogen) atoms. The molecule has 0 aliphatic carbocycles. The number of ketones is 1. The summed E-state index contributed by atoms with van der Waals surface area (Å²) in [6.07, 6.45) is 3.89. The van der Waals surface area contributed by atoms with Gasteiger partial charge in [-0.25, -0.2) is 4.98 Å². The molecule has 0 bridgehead atoms. The minimum Gasteiger partial charge on any atom is -0.491 e. The van der Waals surface area contributed by atoms with Crippen LogP contribution in [0.25, 0.3) is 11.1 Å². The third-order valence-corrected chi connectivity index (χ3v) is 6.23. The van der Waals surface area contributed by atoms with E-state index in [0.29, 0.717) is 28.6 Å². The molecule has 1 fully saturated rings. The number of likely N-dealkylation sites (tertiary alicyclic amines) is 1. The lowest BCUT2D eigenvalue weighted by molar-refractivity contribution is 0.101. The Bertz CT molecular complexity index is 1200. The Kier molecular flexibility index (Phi) is 7.97. The lowest BCUT2D eigenvalue weighted by Crippen LogP contribution is -2.35. The first-order valence-corrected chi connectivity index (χ1v) is 11.8. The van der Waals surface area contributed by atoms with E-state index in [1.54, 1.807) is 18.3 Å². The largest absolute Gasteiger partial charge is 0.491 e. The monoisotopic (exact) mass is 474 g/mol. The van der Waals surface area contributed by atoms with Gasteiger partial charge in [0.2, 0.25) is 0 Å². The van der Waals surface area contributed by atoms with Crippen molar-refractivity contribution in [2.45, 2.75) is 25.8 Å². The number of aliphatic hydroxyl groups is 1. The highest BCUT2D eigenvalue weighted by atomic mass is 35.5. The van der Waals surface area contributed by atoms with Crippen molar-refractivity contribution >= 4 is 17.4 Å².